The second kappa shape index (κ2) is 7.36. The highest BCUT2D eigenvalue weighted by molar-refractivity contribution is 6.00. The van der Waals surface area contributed by atoms with Crippen molar-refractivity contribution in [3.8, 4) is 11.3 Å². The summed E-state index contributed by atoms with van der Waals surface area (Å²) in [6.07, 6.45) is 0. The summed E-state index contributed by atoms with van der Waals surface area (Å²) >= 11 is 0. The van der Waals surface area contributed by atoms with Crippen LogP contribution < -0.4 is 16.1 Å². The fourth-order valence-electron chi connectivity index (χ4n) is 2.82. The van der Waals surface area contributed by atoms with E-state index in [2.05, 4.69) is 10.6 Å². The van der Waals surface area contributed by atoms with Gasteiger partial charge in [-0.15, -0.1) is 0 Å². The Bertz CT molecular complexity index is 1220. The predicted octanol–water partition coefficient (Wildman–Crippen LogP) is 5.24. The van der Waals surface area contributed by atoms with E-state index in [0.717, 1.165) is 0 Å². The second-order valence-corrected chi connectivity index (χ2v) is 6.14. The lowest BCUT2D eigenvalue weighted by Crippen LogP contribution is -2.19. The summed E-state index contributed by atoms with van der Waals surface area (Å²) in [5.41, 5.74) is 2.01. The maximum absolute atomic E-state index is 12.9. The molecule has 0 radical (unpaired) electrons. The number of anilines is 2. The van der Waals surface area contributed by atoms with Crippen molar-refractivity contribution in [2.75, 3.05) is 10.6 Å². The van der Waals surface area contributed by atoms with Gasteiger partial charge in [-0.05, 0) is 48.5 Å². The van der Waals surface area contributed by atoms with Gasteiger partial charge >= 0.3 is 6.03 Å². The third kappa shape index (κ3) is 3.76. The highest BCUT2D eigenvalue weighted by Crippen LogP contribution is 2.24. The minimum Gasteiger partial charge on any atom is -0.456 e. The van der Waals surface area contributed by atoms with E-state index in [1.807, 2.05) is 0 Å². The van der Waals surface area contributed by atoms with Gasteiger partial charge in [0.05, 0.1) is 5.39 Å². The summed E-state index contributed by atoms with van der Waals surface area (Å²) in [6, 6.07) is 20.4. The second-order valence-electron chi connectivity index (χ2n) is 6.14. The smallest absolute Gasteiger partial charge is 0.323 e. The normalized spacial score (nSPS) is 10.6. The molecule has 0 unspecified atom stereocenters. The minimum absolute atomic E-state index is 0.135. The fourth-order valence-corrected chi connectivity index (χ4v) is 2.82. The van der Waals surface area contributed by atoms with E-state index < -0.39 is 6.03 Å². The standard InChI is InChI=1S/C22H15FN2O3/c23-15-8-10-16(11-9-15)24-22(27)25-17-5-3-4-14(12-17)21-13-19(26)18-6-1-2-7-20(18)28-21/h1-13H,(H2,24,25,27). The van der Waals surface area contributed by atoms with Crippen LogP contribution in [0.2, 0.25) is 0 Å². The van der Waals surface area contributed by atoms with Crippen molar-refractivity contribution in [1.29, 1.82) is 0 Å². The Morgan fingerprint density at radius 1 is 0.821 bits per heavy atom. The van der Waals surface area contributed by atoms with Gasteiger partial charge in [-0.3, -0.25) is 4.79 Å². The number of urea groups is 1. The first kappa shape index (κ1) is 17.5. The Hall–Kier alpha value is -3.93. The Balaban J connectivity index is 1.57. The van der Waals surface area contributed by atoms with E-state index in [-0.39, 0.29) is 11.2 Å². The topological polar surface area (TPSA) is 71.3 Å². The fraction of sp³-hybridized carbons (Fsp3) is 0. The maximum Gasteiger partial charge on any atom is 0.323 e. The molecule has 1 aromatic heterocycles. The highest BCUT2D eigenvalue weighted by atomic mass is 19.1. The van der Waals surface area contributed by atoms with E-state index >= 15 is 0 Å². The van der Waals surface area contributed by atoms with Crippen LogP contribution in [0.4, 0.5) is 20.6 Å². The molecular formula is C22H15FN2O3. The van der Waals surface area contributed by atoms with Crippen LogP contribution in [-0.2, 0) is 0 Å². The highest BCUT2D eigenvalue weighted by Gasteiger charge is 2.09. The Kier molecular flexibility index (Phi) is 4.60. The molecule has 0 saturated carbocycles. The molecular weight excluding hydrogens is 359 g/mol. The van der Waals surface area contributed by atoms with Crippen LogP contribution in [0.5, 0.6) is 0 Å². The molecule has 0 bridgehead atoms. The predicted molar refractivity (Wildman–Crippen MR) is 107 cm³/mol. The number of benzene rings is 3. The number of hydrogen-bond donors (Lipinski definition) is 2. The number of para-hydroxylation sites is 1. The molecule has 28 heavy (non-hydrogen) atoms. The summed E-state index contributed by atoms with van der Waals surface area (Å²) in [6.45, 7) is 0. The van der Waals surface area contributed by atoms with Crippen LogP contribution in [-0.4, -0.2) is 6.03 Å². The van der Waals surface area contributed by atoms with Crippen molar-refractivity contribution in [3.05, 3.63) is 94.9 Å². The van der Waals surface area contributed by atoms with Gasteiger partial charge in [0, 0.05) is 23.0 Å². The van der Waals surface area contributed by atoms with Crippen molar-refractivity contribution < 1.29 is 13.6 Å². The zero-order valence-corrected chi connectivity index (χ0v) is 14.6. The van der Waals surface area contributed by atoms with E-state index in [1.54, 1.807) is 48.5 Å². The number of carbonyl (C=O) groups is 1. The first-order valence-corrected chi connectivity index (χ1v) is 8.55. The Morgan fingerprint density at radius 3 is 2.39 bits per heavy atom. The van der Waals surface area contributed by atoms with Gasteiger partial charge in [0.1, 0.15) is 17.2 Å². The molecule has 4 rings (SSSR count). The molecule has 3 aromatic carbocycles. The van der Waals surface area contributed by atoms with Crippen LogP contribution in [0.3, 0.4) is 0 Å². The van der Waals surface area contributed by atoms with Crippen LogP contribution in [0.25, 0.3) is 22.3 Å². The van der Waals surface area contributed by atoms with Crippen LogP contribution >= 0.6 is 0 Å². The molecule has 4 aromatic rings. The molecule has 2 N–H and O–H groups in total. The van der Waals surface area contributed by atoms with Crippen molar-refractivity contribution in [2.24, 2.45) is 0 Å². The molecule has 1 heterocycles. The van der Waals surface area contributed by atoms with Gasteiger partial charge in [-0.25, -0.2) is 9.18 Å². The molecule has 2 amide bonds. The molecule has 6 heteroatoms. The minimum atomic E-state index is -0.469. The monoisotopic (exact) mass is 374 g/mol. The Labute approximate surface area is 159 Å². The summed E-state index contributed by atoms with van der Waals surface area (Å²) in [7, 11) is 0. The number of fused-ring (bicyclic) bond motifs is 1. The van der Waals surface area contributed by atoms with Gasteiger partial charge in [-0.2, -0.15) is 0 Å². The third-order valence-corrected chi connectivity index (χ3v) is 4.14. The van der Waals surface area contributed by atoms with Crippen molar-refractivity contribution in [2.45, 2.75) is 0 Å². The van der Waals surface area contributed by atoms with E-state index in [1.165, 1.54) is 30.3 Å². The lowest BCUT2D eigenvalue weighted by molar-refractivity contribution is 0.262. The number of carbonyl (C=O) groups excluding carboxylic acids is 1. The van der Waals surface area contributed by atoms with Gasteiger partial charge in [-0.1, -0.05) is 24.3 Å². The lowest BCUT2D eigenvalue weighted by Gasteiger charge is -2.09. The van der Waals surface area contributed by atoms with Crippen molar-refractivity contribution in [1.82, 2.24) is 0 Å². The number of halogens is 1. The molecule has 0 spiro atoms. The summed E-state index contributed by atoms with van der Waals surface area (Å²) < 4.78 is 18.8. The quantitative estimate of drug-likeness (QED) is 0.515. The van der Waals surface area contributed by atoms with E-state index in [9.17, 15) is 14.0 Å². The maximum atomic E-state index is 12.9. The SMILES string of the molecule is O=C(Nc1ccc(F)cc1)Nc1cccc(-c2cc(=O)c3ccccc3o2)c1. The van der Waals surface area contributed by atoms with Gasteiger partial charge < -0.3 is 15.1 Å². The Morgan fingerprint density at radius 2 is 1.57 bits per heavy atom. The molecule has 0 saturated heterocycles. The zero-order valence-electron chi connectivity index (χ0n) is 14.6. The number of nitrogens with one attached hydrogen (secondary N) is 2. The van der Waals surface area contributed by atoms with E-state index in [0.29, 0.717) is 33.7 Å². The number of amides is 2. The molecule has 5 nitrogen and oxygen atoms in total. The summed E-state index contributed by atoms with van der Waals surface area (Å²) in [4.78, 5) is 24.5. The van der Waals surface area contributed by atoms with Crippen LogP contribution in [0, 0.1) is 5.82 Å². The molecule has 0 fully saturated rings. The van der Waals surface area contributed by atoms with Crippen LogP contribution in [0.1, 0.15) is 0 Å². The summed E-state index contributed by atoms with van der Waals surface area (Å²) in [5.74, 6) is 0.0295. The van der Waals surface area contributed by atoms with Crippen molar-refractivity contribution >= 4 is 28.4 Å². The average molecular weight is 374 g/mol. The van der Waals surface area contributed by atoms with Crippen LogP contribution in [0.15, 0.2) is 88.1 Å². The lowest BCUT2D eigenvalue weighted by atomic mass is 10.1. The number of hydrogen-bond acceptors (Lipinski definition) is 3. The van der Waals surface area contributed by atoms with Crippen molar-refractivity contribution in [3.63, 3.8) is 0 Å². The number of rotatable bonds is 3. The van der Waals surface area contributed by atoms with Gasteiger partial charge in [0.15, 0.2) is 5.43 Å². The largest absolute Gasteiger partial charge is 0.456 e. The van der Waals surface area contributed by atoms with E-state index in [4.69, 9.17) is 4.42 Å². The summed E-state index contributed by atoms with van der Waals surface area (Å²) in [5, 5.41) is 5.84. The first-order chi connectivity index (χ1) is 13.6. The molecule has 138 valence electrons. The molecule has 0 atom stereocenters. The zero-order chi connectivity index (χ0) is 19.5. The van der Waals surface area contributed by atoms with Gasteiger partial charge in [0.2, 0.25) is 0 Å². The molecule has 0 aliphatic rings. The average Bonchev–Trinajstić information content (AvgIpc) is 2.70. The molecule has 0 aliphatic heterocycles. The first-order valence-electron chi connectivity index (χ1n) is 8.55. The third-order valence-electron chi connectivity index (χ3n) is 4.14. The molecule has 0 aliphatic carbocycles. The van der Waals surface area contributed by atoms with Gasteiger partial charge in [0.25, 0.3) is 0 Å².